The van der Waals surface area contributed by atoms with Gasteiger partial charge in [0.25, 0.3) is 5.91 Å². The lowest BCUT2D eigenvalue weighted by Gasteiger charge is -2.08. The van der Waals surface area contributed by atoms with Gasteiger partial charge < -0.3 is 10.1 Å². The third-order valence-corrected chi connectivity index (χ3v) is 5.42. The van der Waals surface area contributed by atoms with Crippen LogP contribution in [0.15, 0.2) is 59.5 Å². The van der Waals surface area contributed by atoms with Gasteiger partial charge in [-0.05, 0) is 36.2 Å². The lowest BCUT2D eigenvalue weighted by atomic mass is 10.1. The van der Waals surface area contributed by atoms with Crippen LogP contribution >= 0.6 is 11.6 Å². The molecule has 0 aliphatic rings. The van der Waals surface area contributed by atoms with Gasteiger partial charge in [-0.1, -0.05) is 41.9 Å². The van der Waals surface area contributed by atoms with E-state index in [0.29, 0.717) is 18.0 Å². The van der Waals surface area contributed by atoms with Crippen molar-refractivity contribution in [3.05, 3.63) is 65.2 Å². The van der Waals surface area contributed by atoms with E-state index in [9.17, 15) is 18.0 Å². The van der Waals surface area contributed by atoms with Crippen LogP contribution in [0.5, 0.6) is 0 Å². The van der Waals surface area contributed by atoms with Crippen molar-refractivity contribution in [2.45, 2.75) is 17.7 Å². The molecule has 0 fully saturated rings. The van der Waals surface area contributed by atoms with Gasteiger partial charge in [0.05, 0.1) is 11.3 Å². The first-order valence-corrected chi connectivity index (χ1v) is 10.4. The summed E-state index contributed by atoms with van der Waals surface area (Å²) in [6, 6.07) is 15.3. The first-order valence-electron chi connectivity index (χ1n) is 8.58. The summed E-state index contributed by atoms with van der Waals surface area (Å²) in [6.07, 6.45) is 0.483. The predicted octanol–water partition coefficient (Wildman–Crippen LogP) is 1.91. The van der Waals surface area contributed by atoms with Gasteiger partial charge in [0.2, 0.25) is 10.0 Å². The number of esters is 1. The van der Waals surface area contributed by atoms with Crippen LogP contribution in [-0.2, 0) is 30.8 Å². The summed E-state index contributed by atoms with van der Waals surface area (Å²) in [5, 5.41) is 3.08. The summed E-state index contributed by atoms with van der Waals surface area (Å²) in [4.78, 5) is 23.4. The minimum atomic E-state index is -3.74. The number of hydrogen-bond donors (Lipinski definition) is 2. The molecule has 2 aromatic rings. The number of carbonyl (C=O) groups is 2. The van der Waals surface area contributed by atoms with Crippen molar-refractivity contribution in [2.75, 3.05) is 19.7 Å². The minimum Gasteiger partial charge on any atom is -0.456 e. The summed E-state index contributed by atoms with van der Waals surface area (Å²) >= 11 is 5.72. The van der Waals surface area contributed by atoms with E-state index in [0.717, 1.165) is 5.56 Å². The zero-order chi connectivity index (χ0) is 20.4. The number of nitrogens with one attached hydrogen (secondary N) is 2. The van der Waals surface area contributed by atoms with Gasteiger partial charge in [0.1, 0.15) is 0 Å². The highest BCUT2D eigenvalue weighted by Gasteiger charge is 2.14. The molecule has 0 bridgehead atoms. The van der Waals surface area contributed by atoms with Gasteiger partial charge in [0, 0.05) is 18.1 Å². The summed E-state index contributed by atoms with van der Waals surface area (Å²) in [5.74, 6) is -1.08. The number of carbonyl (C=O) groups excluding carboxylic acids is 2. The van der Waals surface area contributed by atoms with Gasteiger partial charge in [-0.2, -0.15) is 0 Å². The van der Waals surface area contributed by atoms with Crippen LogP contribution in [0, 0.1) is 0 Å². The molecule has 9 heteroatoms. The number of hydrogen-bond acceptors (Lipinski definition) is 5. The average Bonchev–Trinajstić information content (AvgIpc) is 2.67. The highest BCUT2D eigenvalue weighted by molar-refractivity contribution is 7.89. The highest BCUT2D eigenvalue weighted by atomic mass is 35.5. The van der Waals surface area contributed by atoms with E-state index in [1.54, 1.807) is 0 Å². The molecule has 0 saturated carbocycles. The fourth-order valence-corrected chi connectivity index (χ4v) is 3.40. The quantitative estimate of drug-likeness (QED) is 0.567. The fourth-order valence-electron chi connectivity index (χ4n) is 2.24. The van der Waals surface area contributed by atoms with Crippen LogP contribution in [0.25, 0.3) is 0 Å². The Morgan fingerprint density at radius 1 is 0.964 bits per heavy atom. The van der Waals surface area contributed by atoms with Crippen LogP contribution in [0.2, 0.25) is 5.02 Å². The summed E-state index contributed by atoms with van der Waals surface area (Å²) in [5.41, 5.74) is 1.09. The Kier molecular flexibility index (Phi) is 8.43. The molecular formula is C19H21ClN2O5S. The molecule has 1 amide bonds. The third kappa shape index (κ3) is 7.67. The van der Waals surface area contributed by atoms with E-state index < -0.39 is 28.5 Å². The van der Waals surface area contributed by atoms with Crippen molar-refractivity contribution >= 4 is 33.5 Å². The molecule has 0 radical (unpaired) electrons. The molecule has 2 N–H and O–H groups in total. The maximum Gasteiger partial charge on any atom is 0.307 e. The Morgan fingerprint density at radius 2 is 1.64 bits per heavy atom. The molecule has 0 heterocycles. The fraction of sp³-hybridized carbons (Fsp3) is 0.263. The zero-order valence-corrected chi connectivity index (χ0v) is 16.6. The molecule has 0 aliphatic carbocycles. The number of sulfonamides is 1. The first-order chi connectivity index (χ1) is 13.4. The predicted molar refractivity (Wildman–Crippen MR) is 105 cm³/mol. The standard InChI is InChI=1S/C19H21ClN2O5S/c20-16-6-8-17(9-7-16)28(25,26)22-13-11-19(24)27-14-18(23)21-12-10-15-4-2-1-3-5-15/h1-9,22H,10-14H2,(H,21,23). The second kappa shape index (κ2) is 10.8. The number of benzene rings is 2. The zero-order valence-electron chi connectivity index (χ0n) is 15.1. The molecule has 0 unspecified atom stereocenters. The maximum absolute atomic E-state index is 12.1. The summed E-state index contributed by atoms with van der Waals surface area (Å²) in [7, 11) is -3.74. The Balaban J connectivity index is 1.62. The van der Waals surface area contributed by atoms with Crippen molar-refractivity contribution in [2.24, 2.45) is 0 Å². The van der Waals surface area contributed by atoms with E-state index in [1.807, 2.05) is 30.3 Å². The molecule has 0 aliphatic heterocycles. The molecule has 2 aromatic carbocycles. The summed E-state index contributed by atoms with van der Waals surface area (Å²) < 4.78 is 31.2. The van der Waals surface area contributed by atoms with Gasteiger partial charge in [-0.3, -0.25) is 9.59 Å². The Morgan fingerprint density at radius 3 is 2.32 bits per heavy atom. The lowest BCUT2D eigenvalue weighted by molar-refractivity contribution is -0.148. The van der Waals surface area contributed by atoms with E-state index in [-0.39, 0.29) is 17.9 Å². The smallest absolute Gasteiger partial charge is 0.307 e. The number of halogens is 1. The van der Waals surface area contributed by atoms with E-state index in [2.05, 4.69) is 10.0 Å². The number of amides is 1. The van der Waals surface area contributed by atoms with E-state index in [1.165, 1.54) is 24.3 Å². The van der Waals surface area contributed by atoms with E-state index in [4.69, 9.17) is 16.3 Å². The Hall–Kier alpha value is -2.42. The van der Waals surface area contributed by atoms with Crippen molar-refractivity contribution in [3.63, 3.8) is 0 Å². The van der Waals surface area contributed by atoms with Gasteiger partial charge >= 0.3 is 5.97 Å². The largest absolute Gasteiger partial charge is 0.456 e. The van der Waals surface area contributed by atoms with Crippen molar-refractivity contribution in [1.82, 2.24) is 10.0 Å². The SMILES string of the molecule is O=C(COC(=O)CCNS(=O)(=O)c1ccc(Cl)cc1)NCCc1ccccc1. The van der Waals surface area contributed by atoms with Crippen LogP contribution in [0.3, 0.4) is 0 Å². The van der Waals surface area contributed by atoms with Gasteiger partial charge in [-0.15, -0.1) is 0 Å². The molecule has 150 valence electrons. The molecular weight excluding hydrogens is 404 g/mol. The number of ether oxygens (including phenoxy) is 1. The van der Waals surface area contributed by atoms with Crippen molar-refractivity contribution in [3.8, 4) is 0 Å². The van der Waals surface area contributed by atoms with Crippen LogP contribution in [0.4, 0.5) is 0 Å². The maximum atomic E-state index is 12.1. The molecule has 0 atom stereocenters. The van der Waals surface area contributed by atoms with Gasteiger partial charge in [-0.25, -0.2) is 13.1 Å². The highest BCUT2D eigenvalue weighted by Crippen LogP contribution is 2.13. The molecule has 2 rings (SSSR count). The Bertz CT molecular complexity index is 886. The minimum absolute atomic E-state index is 0.0445. The normalized spacial score (nSPS) is 11.0. The molecule has 0 aromatic heterocycles. The summed E-state index contributed by atoms with van der Waals surface area (Å²) in [6.45, 7) is -0.113. The lowest BCUT2D eigenvalue weighted by Crippen LogP contribution is -2.31. The van der Waals surface area contributed by atoms with Crippen LogP contribution in [0.1, 0.15) is 12.0 Å². The van der Waals surface area contributed by atoms with Crippen molar-refractivity contribution in [1.29, 1.82) is 0 Å². The molecule has 0 spiro atoms. The second-order valence-electron chi connectivity index (χ2n) is 5.85. The second-order valence-corrected chi connectivity index (χ2v) is 8.05. The van der Waals surface area contributed by atoms with Crippen LogP contribution in [-0.4, -0.2) is 40.0 Å². The average molecular weight is 425 g/mol. The molecule has 7 nitrogen and oxygen atoms in total. The monoisotopic (exact) mass is 424 g/mol. The Labute approximate surface area is 169 Å². The molecule has 28 heavy (non-hydrogen) atoms. The van der Waals surface area contributed by atoms with Crippen LogP contribution < -0.4 is 10.0 Å². The van der Waals surface area contributed by atoms with E-state index >= 15 is 0 Å². The third-order valence-electron chi connectivity index (χ3n) is 3.69. The van der Waals surface area contributed by atoms with Gasteiger partial charge in [0.15, 0.2) is 6.61 Å². The molecule has 0 saturated heterocycles. The topological polar surface area (TPSA) is 102 Å². The van der Waals surface area contributed by atoms with Crippen molar-refractivity contribution < 1.29 is 22.7 Å². The first kappa shape index (κ1) is 21.9. The number of rotatable bonds is 10.